The van der Waals surface area contributed by atoms with Crippen LogP contribution in [0.15, 0.2) is 36.4 Å². The molecule has 0 N–H and O–H groups in total. The number of aryl methyl sites for hydroxylation is 3. The average Bonchev–Trinajstić information content (AvgIpc) is 3.14. The van der Waals surface area contributed by atoms with E-state index >= 15 is 0 Å². The molecular formula is C22H34Fe-6. The predicted molar refractivity (Wildman–Crippen MR) is 100 cm³/mol. The van der Waals surface area contributed by atoms with Crippen molar-refractivity contribution in [1.82, 2.24) is 0 Å². The van der Waals surface area contributed by atoms with Crippen LogP contribution in [0.25, 0.3) is 0 Å². The Morgan fingerprint density at radius 2 is 1.09 bits per heavy atom. The molecule has 0 radical (unpaired) electrons. The molecule has 0 aliphatic heterocycles. The van der Waals surface area contributed by atoms with Crippen LogP contribution in [0.1, 0.15) is 75.6 Å². The quantitative estimate of drug-likeness (QED) is 0.369. The van der Waals surface area contributed by atoms with Gasteiger partial charge >= 0.3 is 0 Å². The largest absolute Gasteiger partial charge is 0.745 e. The van der Waals surface area contributed by atoms with Crippen molar-refractivity contribution in [2.75, 3.05) is 0 Å². The maximum absolute atomic E-state index is 2.35. The van der Waals surface area contributed by atoms with Crippen LogP contribution in [0.2, 0.25) is 0 Å². The first-order chi connectivity index (χ1) is 10.8. The summed E-state index contributed by atoms with van der Waals surface area (Å²) in [4.78, 5) is 0. The SMILES string of the molecule is CCC[c-]1[cH-][cH-][c-](CCC)[c-]1CCC.CCC[c-]1cccc1.[Fe]. The predicted octanol–water partition coefficient (Wildman–Crippen LogP) is 6.62. The fraction of sp³-hybridized carbons (Fsp3) is 0.545. The molecule has 0 atom stereocenters. The summed E-state index contributed by atoms with van der Waals surface area (Å²) >= 11 is 0. The van der Waals surface area contributed by atoms with E-state index in [4.69, 9.17) is 0 Å². The van der Waals surface area contributed by atoms with Crippen molar-refractivity contribution in [2.24, 2.45) is 0 Å². The first kappa shape index (κ1) is 22.2. The van der Waals surface area contributed by atoms with E-state index in [1.807, 2.05) is 0 Å². The molecular weight excluding hydrogens is 320 g/mol. The van der Waals surface area contributed by atoms with Gasteiger partial charge in [0.25, 0.3) is 0 Å². The van der Waals surface area contributed by atoms with Gasteiger partial charge in [0.1, 0.15) is 0 Å². The van der Waals surface area contributed by atoms with Gasteiger partial charge in [-0.1, -0.05) is 59.8 Å². The van der Waals surface area contributed by atoms with Crippen LogP contribution in [-0.4, -0.2) is 0 Å². The Kier molecular flexibility index (Phi) is 13.2. The number of rotatable bonds is 8. The van der Waals surface area contributed by atoms with Gasteiger partial charge < -0.3 is 28.8 Å². The van der Waals surface area contributed by atoms with Crippen LogP contribution in [0.3, 0.4) is 0 Å². The fourth-order valence-electron chi connectivity index (χ4n) is 3.06. The first-order valence-corrected chi connectivity index (χ1v) is 9.23. The van der Waals surface area contributed by atoms with E-state index in [9.17, 15) is 0 Å². The van der Waals surface area contributed by atoms with Gasteiger partial charge in [0.15, 0.2) is 0 Å². The van der Waals surface area contributed by atoms with Crippen molar-refractivity contribution in [3.8, 4) is 0 Å². The van der Waals surface area contributed by atoms with Gasteiger partial charge in [-0.25, -0.2) is 31.4 Å². The molecule has 0 aliphatic carbocycles. The summed E-state index contributed by atoms with van der Waals surface area (Å²) in [6.07, 6.45) is 10.1. The van der Waals surface area contributed by atoms with E-state index < -0.39 is 0 Å². The summed E-state index contributed by atoms with van der Waals surface area (Å²) in [6, 6.07) is 13.2. The molecule has 2 aromatic carbocycles. The van der Waals surface area contributed by atoms with Gasteiger partial charge in [0.2, 0.25) is 0 Å². The van der Waals surface area contributed by atoms with Crippen molar-refractivity contribution in [2.45, 2.75) is 79.1 Å². The summed E-state index contributed by atoms with van der Waals surface area (Å²) in [7, 11) is 0. The molecule has 0 amide bonds. The second-order valence-corrected chi connectivity index (χ2v) is 6.16. The second kappa shape index (κ2) is 13.6. The molecule has 0 nitrogen and oxygen atoms in total. The van der Waals surface area contributed by atoms with Crippen molar-refractivity contribution in [3.05, 3.63) is 58.7 Å². The fourth-order valence-corrected chi connectivity index (χ4v) is 3.06. The molecule has 0 fully saturated rings. The topological polar surface area (TPSA) is 0 Å². The summed E-state index contributed by atoms with van der Waals surface area (Å²) in [5, 5.41) is 0. The third kappa shape index (κ3) is 8.04. The van der Waals surface area contributed by atoms with Crippen molar-refractivity contribution in [3.63, 3.8) is 0 Å². The zero-order valence-corrected chi connectivity index (χ0v) is 16.6. The Morgan fingerprint density at radius 1 is 0.652 bits per heavy atom. The van der Waals surface area contributed by atoms with E-state index in [1.54, 1.807) is 16.7 Å². The third-order valence-corrected chi connectivity index (χ3v) is 4.07. The monoisotopic (exact) mass is 354 g/mol. The smallest absolute Gasteiger partial charge is 0 e. The second-order valence-electron chi connectivity index (χ2n) is 6.16. The Bertz CT molecular complexity index is 453. The van der Waals surface area contributed by atoms with Gasteiger partial charge in [-0.05, 0) is 0 Å². The molecule has 2 rings (SSSR count). The molecule has 0 spiro atoms. The van der Waals surface area contributed by atoms with Crippen LogP contribution < -0.4 is 0 Å². The Hall–Kier alpha value is -0.781. The van der Waals surface area contributed by atoms with Crippen molar-refractivity contribution < 1.29 is 17.1 Å². The van der Waals surface area contributed by atoms with Gasteiger partial charge in [-0.15, -0.1) is 0 Å². The molecule has 0 bridgehead atoms. The van der Waals surface area contributed by atoms with Gasteiger partial charge in [-0.3, -0.25) is 0 Å². The molecule has 0 aromatic heterocycles. The molecule has 0 aliphatic rings. The van der Waals surface area contributed by atoms with E-state index in [2.05, 4.69) is 64.1 Å². The van der Waals surface area contributed by atoms with E-state index in [0.29, 0.717) is 0 Å². The zero-order chi connectivity index (χ0) is 16.2. The van der Waals surface area contributed by atoms with E-state index in [1.165, 1.54) is 56.9 Å². The Balaban J connectivity index is 0.000000460. The van der Waals surface area contributed by atoms with Gasteiger partial charge in [0.05, 0.1) is 0 Å². The molecule has 0 saturated carbocycles. The summed E-state index contributed by atoms with van der Waals surface area (Å²) in [6.45, 7) is 9.01. The first-order valence-electron chi connectivity index (χ1n) is 9.23. The maximum atomic E-state index is 2.35. The molecule has 136 valence electrons. The molecule has 0 unspecified atom stereocenters. The summed E-state index contributed by atoms with van der Waals surface area (Å²) in [5.41, 5.74) is 6.35. The summed E-state index contributed by atoms with van der Waals surface area (Å²) < 4.78 is 0. The third-order valence-electron chi connectivity index (χ3n) is 4.07. The van der Waals surface area contributed by atoms with Gasteiger partial charge in [-0.2, -0.15) is 17.7 Å². The standard InChI is InChI=1S/C14H23.C8H11.Fe/c1-4-7-12-10-11-13(8-5-2)14(12)9-6-3;1-2-5-8-6-3-4-7-8;/h10-11H,4-9H2,1-3H3;3-4,6-7H,2,5H2,1H3;/q-5;-1;. The molecule has 1 heteroatoms. The minimum atomic E-state index is 0. The van der Waals surface area contributed by atoms with Crippen molar-refractivity contribution in [1.29, 1.82) is 0 Å². The normalized spacial score (nSPS) is 9.91. The Morgan fingerprint density at radius 3 is 1.48 bits per heavy atom. The number of hydrogen-bond donors (Lipinski definition) is 0. The number of hydrogen-bond acceptors (Lipinski definition) is 0. The van der Waals surface area contributed by atoms with E-state index in [0.717, 1.165) is 0 Å². The van der Waals surface area contributed by atoms with Crippen LogP contribution in [0.5, 0.6) is 0 Å². The average molecular weight is 354 g/mol. The van der Waals surface area contributed by atoms with Crippen LogP contribution in [0.4, 0.5) is 0 Å². The minimum absolute atomic E-state index is 0. The van der Waals surface area contributed by atoms with Crippen molar-refractivity contribution >= 4 is 0 Å². The molecule has 0 heterocycles. The molecule has 0 saturated heterocycles. The molecule has 23 heavy (non-hydrogen) atoms. The van der Waals surface area contributed by atoms with Crippen LogP contribution in [0, 0.1) is 0 Å². The summed E-state index contributed by atoms with van der Waals surface area (Å²) in [5.74, 6) is 0. The van der Waals surface area contributed by atoms with Crippen LogP contribution in [-0.2, 0) is 42.8 Å². The minimum Gasteiger partial charge on any atom is -0.745 e. The molecule has 2 aromatic rings. The maximum Gasteiger partial charge on any atom is 0 e. The van der Waals surface area contributed by atoms with E-state index in [-0.39, 0.29) is 17.1 Å². The zero-order valence-electron chi connectivity index (χ0n) is 15.5. The van der Waals surface area contributed by atoms with Gasteiger partial charge in [0, 0.05) is 17.1 Å². The Labute approximate surface area is 154 Å². The van der Waals surface area contributed by atoms with Crippen LogP contribution >= 0.6 is 0 Å².